The number of hydrogen-bond donors (Lipinski definition) is 3. The molecule has 0 saturated heterocycles. The minimum absolute atomic E-state index is 0.144. The molecular formula is C14H18N2O3. The van der Waals surface area contributed by atoms with Crippen molar-refractivity contribution in [2.24, 2.45) is 0 Å². The smallest absolute Gasteiger partial charge is 0.228 e. The van der Waals surface area contributed by atoms with Crippen molar-refractivity contribution in [3.63, 3.8) is 0 Å². The van der Waals surface area contributed by atoms with Gasteiger partial charge in [0.1, 0.15) is 0 Å². The summed E-state index contributed by atoms with van der Waals surface area (Å²) in [7, 11) is 0. The molecule has 3 N–H and O–H groups in total. The number of carbonyl (C=O) groups excluding carboxylic acids is 2. The standard InChI is InChI=1S/C14H18N2O3/c1-9(17)6-7-15-14(19)11-8-13(18)16-12-5-3-2-4-10(11)12/h2-5,9,11,17H,6-8H2,1H3,(H,15,19)(H,16,18). The van der Waals surface area contributed by atoms with Crippen LogP contribution in [0.3, 0.4) is 0 Å². The molecule has 0 fully saturated rings. The van der Waals surface area contributed by atoms with Gasteiger partial charge < -0.3 is 15.7 Å². The molecule has 2 atom stereocenters. The molecule has 5 heteroatoms. The van der Waals surface area contributed by atoms with Crippen molar-refractivity contribution in [1.29, 1.82) is 0 Å². The second-order valence-electron chi connectivity index (χ2n) is 4.82. The zero-order chi connectivity index (χ0) is 13.8. The number of carbonyl (C=O) groups is 2. The van der Waals surface area contributed by atoms with Gasteiger partial charge in [0.25, 0.3) is 0 Å². The molecule has 0 aliphatic carbocycles. The van der Waals surface area contributed by atoms with Crippen LogP contribution in [0.5, 0.6) is 0 Å². The Kier molecular flexibility index (Phi) is 4.16. The third-order valence-electron chi connectivity index (χ3n) is 3.18. The number of para-hydroxylation sites is 1. The van der Waals surface area contributed by atoms with E-state index in [1.165, 1.54) is 0 Å². The second-order valence-corrected chi connectivity index (χ2v) is 4.82. The van der Waals surface area contributed by atoms with E-state index in [-0.39, 0.29) is 18.2 Å². The summed E-state index contributed by atoms with van der Waals surface area (Å²) in [6.45, 7) is 2.09. The number of anilines is 1. The first-order chi connectivity index (χ1) is 9.08. The van der Waals surface area contributed by atoms with Gasteiger partial charge in [0.2, 0.25) is 11.8 Å². The lowest BCUT2D eigenvalue weighted by Gasteiger charge is -2.24. The fraction of sp³-hybridized carbons (Fsp3) is 0.429. The van der Waals surface area contributed by atoms with Gasteiger partial charge in [-0.1, -0.05) is 18.2 Å². The van der Waals surface area contributed by atoms with E-state index in [4.69, 9.17) is 5.11 Å². The first kappa shape index (κ1) is 13.5. The molecule has 19 heavy (non-hydrogen) atoms. The predicted octanol–water partition coefficient (Wildman–Crippen LogP) is 0.999. The van der Waals surface area contributed by atoms with Crippen molar-refractivity contribution in [1.82, 2.24) is 5.32 Å². The van der Waals surface area contributed by atoms with Crippen molar-refractivity contribution in [3.05, 3.63) is 29.8 Å². The lowest BCUT2D eigenvalue weighted by atomic mass is 9.90. The highest BCUT2D eigenvalue weighted by atomic mass is 16.3. The Morgan fingerprint density at radius 2 is 2.26 bits per heavy atom. The van der Waals surface area contributed by atoms with Gasteiger partial charge in [-0.05, 0) is 25.0 Å². The molecular weight excluding hydrogens is 244 g/mol. The van der Waals surface area contributed by atoms with Gasteiger partial charge in [-0.25, -0.2) is 0 Å². The van der Waals surface area contributed by atoms with Crippen LogP contribution in [0.25, 0.3) is 0 Å². The van der Waals surface area contributed by atoms with Crippen molar-refractivity contribution >= 4 is 17.5 Å². The molecule has 1 aromatic rings. The molecule has 0 saturated carbocycles. The average Bonchev–Trinajstić information content (AvgIpc) is 2.37. The third kappa shape index (κ3) is 3.32. The topological polar surface area (TPSA) is 78.4 Å². The number of nitrogens with one attached hydrogen (secondary N) is 2. The van der Waals surface area contributed by atoms with Crippen LogP contribution in [0, 0.1) is 0 Å². The van der Waals surface area contributed by atoms with E-state index in [1.807, 2.05) is 18.2 Å². The van der Waals surface area contributed by atoms with E-state index in [2.05, 4.69) is 10.6 Å². The molecule has 1 aliphatic rings. The maximum atomic E-state index is 12.1. The van der Waals surface area contributed by atoms with Crippen molar-refractivity contribution in [2.75, 3.05) is 11.9 Å². The van der Waals surface area contributed by atoms with Gasteiger partial charge >= 0.3 is 0 Å². The number of hydrogen-bond acceptors (Lipinski definition) is 3. The highest BCUT2D eigenvalue weighted by molar-refractivity contribution is 6.01. The number of aliphatic hydroxyl groups is 1. The summed E-state index contributed by atoms with van der Waals surface area (Å²) in [5.41, 5.74) is 1.55. The van der Waals surface area contributed by atoms with E-state index in [0.717, 1.165) is 5.56 Å². The molecule has 0 radical (unpaired) electrons. The normalized spacial score (nSPS) is 19.3. The summed E-state index contributed by atoms with van der Waals surface area (Å²) in [6, 6.07) is 7.33. The summed E-state index contributed by atoms with van der Waals surface area (Å²) >= 11 is 0. The zero-order valence-electron chi connectivity index (χ0n) is 10.8. The summed E-state index contributed by atoms with van der Waals surface area (Å²) < 4.78 is 0. The molecule has 2 rings (SSSR count). The maximum Gasteiger partial charge on any atom is 0.228 e. The maximum absolute atomic E-state index is 12.1. The Morgan fingerprint density at radius 3 is 3.00 bits per heavy atom. The largest absolute Gasteiger partial charge is 0.393 e. The minimum atomic E-state index is -0.445. The molecule has 1 heterocycles. The summed E-state index contributed by atoms with van der Waals surface area (Å²) in [6.07, 6.45) is 0.228. The summed E-state index contributed by atoms with van der Waals surface area (Å²) in [4.78, 5) is 23.7. The average molecular weight is 262 g/mol. The third-order valence-corrected chi connectivity index (χ3v) is 3.18. The number of rotatable bonds is 4. The molecule has 0 spiro atoms. The number of benzene rings is 1. The first-order valence-corrected chi connectivity index (χ1v) is 6.42. The van der Waals surface area contributed by atoms with E-state index < -0.39 is 12.0 Å². The molecule has 0 aromatic heterocycles. The highest BCUT2D eigenvalue weighted by Crippen LogP contribution is 2.31. The van der Waals surface area contributed by atoms with Crippen LogP contribution in [0.15, 0.2) is 24.3 Å². The predicted molar refractivity (Wildman–Crippen MR) is 71.7 cm³/mol. The lowest BCUT2D eigenvalue weighted by molar-refractivity contribution is -0.126. The Balaban J connectivity index is 2.07. The Labute approximate surface area is 112 Å². The van der Waals surface area contributed by atoms with E-state index in [1.54, 1.807) is 13.0 Å². The van der Waals surface area contributed by atoms with Crippen LogP contribution < -0.4 is 10.6 Å². The van der Waals surface area contributed by atoms with Crippen LogP contribution in [0.1, 0.15) is 31.2 Å². The summed E-state index contributed by atoms with van der Waals surface area (Å²) in [5.74, 6) is -0.753. The Hall–Kier alpha value is -1.88. The van der Waals surface area contributed by atoms with Crippen molar-refractivity contribution in [2.45, 2.75) is 31.8 Å². The summed E-state index contributed by atoms with van der Waals surface area (Å²) in [5, 5.41) is 14.7. The molecule has 5 nitrogen and oxygen atoms in total. The Bertz CT molecular complexity index is 485. The van der Waals surface area contributed by atoms with Gasteiger partial charge in [-0.15, -0.1) is 0 Å². The molecule has 1 aromatic carbocycles. The first-order valence-electron chi connectivity index (χ1n) is 6.42. The molecule has 1 aliphatic heterocycles. The van der Waals surface area contributed by atoms with E-state index in [0.29, 0.717) is 18.7 Å². The quantitative estimate of drug-likeness (QED) is 0.757. The highest BCUT2D eigenvalue weighted by Gasteiger charge is 2.30. The monoisotopic (exact) mass is 262 g/mol. The van der Waals surface area contributed by atoms with Crippen LogP contribution in [-0.2, 0) is 9.59 Å². The fourth-order valence-corrected chi connectivity index (χ4v) is 2.17. The van der Waals surface area contributed by atoms with Crippen molar-refractivity contribution < 1.29 is 14.7 Å². The van der Waals surface area contributed by atoms with Crippen LogP contribution in [-0.4, -0.2) is 29.6 Å². The number of fused-ring (bicyclic) bond motifs is 1. The molecule has 0 bridgehead atoms. The molecule has 102 valence electrons. The van der Waals surface area contributed by atoms with Gasteiger partial charge in [-0.2, -0.15) is 0 Å². The van der Waals surface area contributed by atoms with Crippen molar-refractivity contribution in [3.8, 4) is 0 Å². The van der Waals surface area contributed by atoms with Crippen LogP contribution in [0.2, 0.25) is 0 Å². The van der Waals surface area contributed by atoms with Gasteiger partial charge in [0.05, 0.1) is 12.0 Å². The zero-order valence-corrected chi connectivity index (χ0v) is 10.8. The van der Waals surface area contributed by atoms with Crippen LogP contribution in [0.4, 0.5) is 5.69 Å². The van der Waals surface area contributed by atoms with E-state index >= 15 is 0 Å². The fourth-order valence-electron chi connectivity index (χ4n) is 2.17. The van der Waals surface area contributed by atoms with Gasteiger partial charge in [0.15, 0.2) is 0 Å². The Morgan fingerprint density at radius 1 is 1.53 bits per heavy atom. The molecule has 2 unspecified atom stereocenters. The lowest BCUT2D eigenvalue weighted by Crippen LogP contribution is -2.36. The van der Waals surface area contributed by atoms with Crippen LogP contribution >= 0.6 is 0 Å². The van der Waals surface area contributed by atoms with Gasteiger partial charge in [-0.3, -0.25) is 9.59 Å². The minimum Gasteiger partial charge on any atom is -0.393 e. The SMILES string of the molecule is CC(O)CCNC(=O)C1CC(=O)Nc2ccccc21. The number of aliphatic hydroxyl groups excluding tert-OH is 1. The molecule has 2 amide bonds. The van der Waals surface area contributed by atoms with Gasteiger partial charge in [0, 0.05) is 18.7 Å². The van der Waals surface area contributed by atoms with E-state index in [9.17, 15) is 9.59 Å². The second kappa shape index (κ2) is 5.84. The number of amides is 2.